The van der Waals surface area contributed by atoms with Crippen LogP contribution in [0, 0.1) is 17.3 Å². The first-order valence-corrected chi connectivity index (χ1v) is 7.87. The molecule has 0 heterocycles. The second kappa shape index (κ2) is 4.97. The van der Waals surface area contributed by atoms with Gasteiger partial charge in [0.25, 0.3) is 0 Å². The van der Waals surface area contributed by atoms with E-state index in [1.165, 1.54) is 0 Å². The molecule has 0 aliphatic heterocycles. The monoisotopic (exact) mass is 283 g/mol. The largest absolute Gasteiger partial charge is 0.472 e. The minimum atomic E-state index is -1.01. The zero-order valence-electron chi connectivity index (χ0n) is 13.5. The lowest BCUT2D eigenvalue weighted by Gasteiger charge is -2.71. The Kier molecular flexibility index (Phi) is 4.05. The summed E-state index contributed by atoms with van der Waals surface area (Å²) in [6.07, 6.45) is 3.29. The number of hydrogen-bond donors (Lipinski definition) is 3. The summed E-state index contributed by atoms with van der Waals surface area (Å²) < 4.78 is 6.02. The molecule has 0 aromatic carbocycles. The molecule has 2 bridgehead atoms. The van der Waals surface area contributed by atoms with Gasteiger partial charge >= 0.3 is 7.12 Å². The molecule has 20 heavy (non-hydrogen) atoms. The smallest absolute Gasteiger partial charge is 0.426 e. The van der Waals surface area contributed by atoms with Gasteiger partial charge in [0, 0.05) is 5.94 Å². The summed E-state index contributed by atoms with van der Waals surface area (Å²) in [6.45, 7) is 10.3. The molecule has 116 valence electrons. The van der Waals surface area contributed by atoms with E-state index in [1.54, 1.807) is 0 Å². The highest BCUT2D eigenvalue weighted by atomic mass is 16.6. The van der Waals surface area contributed by atoms with Gasteiger partial charge in [0.05, 0.1) is 11.2 Å². The number of hydrogen-bond acceptors (Lipinski definition) is 4. The van der Waals surface area contributed by atoms with Gasteiger partial charge in [-0.1, -0.05) is 27.7 Å². The van der Waals surface area contributed by atoms with Crippen LogP contribution in [0.1, 0.15) is 60.3 Å². The zero-order valence-corrected chi connectivity index (χ0v) is 13.5. The highest BCUT2D eigenvalue weighted by Gasteiger charge is 2.71. The van der Waals surface area contributed by atoms with E-state index in [1.807, 2.05) is 6.92 Å². The van der Waals surface area contributed by atoms with Crippen molar-refractivity contribution in [1.29, 1.82) is 0 Å². The van der Waals surface area contributed by atoms with E-state index in [0.29, 0.717) is 18.3 Å². The molecular formula is C15H30BNO3. The zero-order chi connectivity index (χ0) is 15.3. The van der Waals surface area contributed by atoms with E-state index in [0.717, 1.165) is 19.3 Å². The SMILES string of the molecule is CC(C)CC(N)B(O)OC12CC(CCC1(C)O)C2(C)C. The van der Waals surface area contributed by atoms with Gasteiger partial charge in [0.2, 0.25) is 0 Å². The Morgan fingerprint density at radius 2 is 1.95 bits per heavy atom. The average Bonchev–Trinajstić information content (AvgIpc) is 2.29. The van der Waals surface area contributed by atoms with E-state index in [9.17, 15) is 10.1 Å². The number of nitrogens with two attached hydrogens (primary N) is 1. The van der Waals surface area contributed by atoms with Crippen LogP contribution >= 0.6 is 0 Å². The van der Waals surface area contributed by atoms with Crippen LogP contribution in [-0.4, -0.2) is 34.4 Å². The lowest BCUT2D eigenvalue weighted by atomic mass is 9.40. The fourth-order valence-corrected chi connectivity index (χ4v) is 4.38. The lowest BCUT2D eigenvalue weighted by molar-refractivity contribution is -0.305. The number of fused-ring (bicyclic) bond motifs is 2. The predicted octanol–water partition coefficient (Wildman–Crippen LogP) is 1.73. The number of rotatable bonds is 5. The van der Waals surface area contributed by atoms with Crippen LogP contribution in [0.15, 0.2) is 0 Å². The minimum absolute atomic E-state index is 0.118. The molecule has 0 radical (unpaired) electrons. The Morgan fingerprint density at radius 1 is 1.35 bits per heavy atom. The second-order valence-electron chi connectivity index (χ2n) is 8.06. The Hall–Kier alpha value is -0.0951. The van der Waals surface area contributed by atoms with Crippen molar-refractivity contribution in [3.05, 3.63) is 0 Å². The van der Waals surface area contributed by atoms with E-state index < -0.39 is 24.3 Å². The van der Waals surface area contributed by atoms with Crippen LogP contribution in [0.25, 0.3) is 0 Å². The minimum Gasteiger partial charge on any atom is -0.426 e. The summed E-state index contributed by atoms with van der Waals surface area (Å²) in [5.74, 6) is 0.572. The maximum Gasteiger partial charge on any atom is 0.472 e. The standard InChI is InChI=1S/C15H30BNO3/c1-10(2)8-12(17)16(19)20-15-9-11(13(15,3)4)6-7-14(15,5)18/h10-12,18-19H,6-9,17H2,1-5H3. The molecule has 3 aliphatic carbocycles. The van der Waals surface area contributed by atoms with Crippen molar-refractivity contribution in [2.45, 2.75) is 77.4 Å². The van der Waals surface area contributed by atoms with Gasteiger partial charge in [-0.2, -0.15) is 0 Å². The van der Waals surface area contributed by atoms with Crippen molar-refractivity contribution in [2.24, 2.45) is 23.0 Å². The fraction of sp³-hybridized carbons (Fsp3) is 1.00. The van der Waals surface area contributed by atoms with E-state index in [4.69, 9.17) is 10.4 Å². The van der Waals surface area contributed by atoms with Gasteiger partial charge < -0.3 is 20.5 Å². The van der Waals surface area contributed by atoms with Crippen LogP contribution in [0.5, 0.6) is 0 Å². The van der Waals surface area contributed by atoms with Gasteiger partial charge in [0.15, 0.2) is 0 Å². The molecular weight excluding hydrogens is 253 g/mol. The Labute approximate surface area is 123 Å². The molecule has 0 spiro atoms. The van der Waals surface area contributed by atoms with Gasteiger partial charge in [0.1, 0.15) is 0 Å². The summed E-state index contributed by atoms with van der Waals surface area (Å²) >= 11 is 0. The molecule has 3 fully saturated rings. The van der Waals surface area contributed by atoms with E-state index in [2.05, 4.69) is 27.7 Å². The van der Waals surface area contributed by atoms with Crippen LogP contribution in [0.4, 0.5) is 0 Å². The van der Waals surface area contributed by atoms with Crippen LogP contribution in [0.2, 0.25) is 0 Å². The summed E-state index contributed by atoms with van der Waals surface area (Å²) in [7, 11) is -1.01. The first kappa shape index (κ1) is 16.3. The molecule has 0 aromatic heterocycles. The van der Waals surface area contributed by atoms with Gasteiger partial charge in [-0.3, -0.25) is 0 Å². The third-order valence-corrected chi connectivity index (χ3v) is 5.88. The third kappa shape index (κ3) is 2.23. The fourth-order valence-electron chi connectivity index (χ4n) is 4.38. The van der Waals surface area contributed by atoms with Crippen LogP contribution in [0.3, 0.4) is 0 Å². The Morgan fingerprint density at radius 3 is 2.40 bits per heavy atom. The molecule has 0 amide bonds. The normalized spacial score (nSPS) is 40.4. The average molecular weight is 283 g/mol. The molecule has 4 N–H and O–H groups in total. The molecule has 3 aliphatic rings. The topological polar surface area (TPSA) is 75.7 Å². The van der Waals surface area contributed by atoms with E-state index >= 15 is 0 Å². The molecule has 5 heteroatoms. The van der Waals surface area contributed by atoms with Crippen molar-refractivity contribution < 1.29 is 14.8 Å². The summed E-state index contributed by atoms with van der Waals surface area (Å²) in [6, 6.07) is 0. The van der Waals surface area contributed by atoms with Crippen molar-refractivity contribution >= 4 is 7.12 Å². The predicted molar refractivity (Wildman–Crippen MR) is 81.0 cm³/mol. The molecule has 4 atom stereocenters. The highest BCUT2D eigenvalue weighted by molar-refractivity contribution is 6.45. The van der Waals surface area contributed by atoms with Crippen molar-refractivity contribution in [3.8, 4) is 0 Å². The molecule has 3 saturated carbocycles. The highest BCUT2D eigenvalue weighted by Crippen LogP contribution is 2.67. The molecule has 0 aromatic rings. The summed E-state index contributed by atoms with van der Waals surface area (Å²) in [5.41, 5.74) is 4.35. The van der Waals surface area contributed by atoms with Gasteiger partial charge in [-0.25, -0.2) is 0 Å². The maximum atomic E-state index is 10.8. The Balaban J connectivity index is 2.13. The van der Waals surface area contributed by atoms with Crippen molar-refractivity contribution in [1.82, 2.24) is 0 Å². The molecule has 4 nitrogen and oxygen atoms in total. The summed E-state index contributed by atoms with van der Waals surface area (Å²) in [5, 5.41) is 21.1. The molecule has 3 rings (SSSR count). The third-order valence-electron chi connectivity index (χ3n) is 5.88. The van der Waals surface area contributed by atoms with Gasteiger partial charge in [-0.15, -0.1) is 0 Å². The van der Waals surface area contributed by atoms with Crippen molar-refractivity contribution in [3.63, 3.8) is 0 Å². The maximum absolute atomic E-state index is 10.8. The molecule has 4 unspecified atom stereocenters. The van der Waals surface area contributed by atoms with Crippen LogP contribution in [-0.2, 0) is 4.65 Å². The number of aliphatic hydroxyl groups is 1. The Bertz CT molecular complexity index is 362. The van der Waals surface area contributed by atoms with Crippen LogP contribution < -0.4 is 5.73 Å². The van der Waals surface area contributed by atoms with Crippen molar-refractivity contribution in [2.75, 3.05) is 0 Å². The molecule has 0 saturated heterocycles. The quantitative estimate of drug-likeness (QED) is 0.672. The lowest BCUT2D eigenvalue weighted by Crippen LogP contribution is -2.77. The first-order chi connectivity index (χ1) is 9.03. The first-order valence-electron chi connectivity index (χ1n) is 7.87. The van der Waals surface area contributed by atoms with Gasteiger partial charge in [-0.05, 0) is 49.9 Å². The second-order valence-corrected chi connectivity index (χ2v) is 8.06. The summed E-state index contributed by atoms with van der Waals surface area (Å²) in [4.78, 5) is 0. The van der Waals surface area contributed by atoms with E-state index in [-0.39, 0.29) is 5.41 Å².